The fourth-order valence-corrected chi connectivity index (χ4v) is 2.92. The Morgan fingerprint density at radius 1 is 1.29 bits per heavy atom. The Hall–Kier alpha value is -1.93. The Balaban J connectivity index is 2.06. The molecule has 8 heteroatoms. The number of benzene rings is 1. The van der Waals surface area contributed by atoms with Crippen molar-refractivity contribution in [3.63, 3.8) is 0 Å². The highest BCUT2D eigenvalue weighted by Crippen LogP contribution is 2.18. The summed E-state index contributed by atoms with van der Waals surface area (Å²) in [6.07, 6.45) is 0.392. The monoisotopic (exact) mass is 311 g/mol. The summed E-state index contributed by atoms with van der Waals surface area (Å²) in [6.45, 7) is 1.96. The van der Waals surface area contributed by atoms with E-state index in [-0.39, 0.29) is 11.4 Å². The molecule has 0 spiro atoms. The molecule has 0 aliphatic rings. The number of hydrogen-bond acceptors (Lipinski definition) is 6. The first-order chi connectivity index (χ1) is 9.93. The highest BCUT2D eigenvalue weighted by Gasteiger charge is 2.21. The molecule has 2 rings (SSSR count). The first-order valence-corrected chi connectivity index (χ1v) is 7.77. The lowest BCUT2D eigenvalue weighted by Crippen LogP contribution is -2.29. The molecule has 0 unspecified atom stereocenters. The van der Waals surface area contributed by atoms with Crippen LogP contribution in [0.5, 0.6) is 5.75 Å². The van der Waals surface area contributed by atoms with Crippen LogP contribution in [0.4, 0.5) is 0 Å². The van der Waals surface area contributed by atoms with Crippen LogP contribution in [0.3, 0.4) is 0 Å². The van der Waals surface area contributed by atoms with E-state index in [1.54, 1.807) is 19.1 Å². The summed E-state index contributed by atoms with van der Waals surface area (Å²) in [7, 11) is -0.485. The minimum absolute atomic E-state index is 0.218. The maximum Gasteiger partial charge on any atom is 0.242 e. The molecule has 0 saturated heterocycles. The van der Waals surface area contributed by atoms with Crippen LogP contribution in [-0.4, -0.2) is 43.6 Å². The molecule has 0 amide bonds. The molecule has 7 nitrogen and oxygen atoms in total. The van der Waals surface area contributed by atoms with Gasteiger partial charge in [-0.1, -0.05) is 5.16 Å². The van der Waals surface area contributed by atoms with Crippen molar-refractivity contribution in [2.24, 2.45) is 0 Å². The zero-order chi connectivity index (χ0) is 15.5. The number of methoxy groups -OCH3 is 1. The van der Waals surface area contributed by atoms with Crippen LogP contribution in [0.2, 0.25) is 0 Å². The predicted molar refractivity (Wildman–Crippen MR) is 75.5 cm³/mol. The van der Waals surface area contributed by atoms with Gasteiger partial charge < -0.3 is 9.26 Å². The second-order valence-electron chi connectivity index (χ2n) is 4.48. The zero-order valence-corrected chi connectivity index (χ0v) is 12.9. The van der Waals surface area contributed by atoms with Crippen molar-refractivity contribution >= 4 is 10.0 Å². The summed E-state index contributed by atoms with van der Waals surface area (Å²) in [4.78, 5) is 4.26. The third-order valence-corrected chi connectivity index (χ3v) is 4.86. The largest absolute Gasteiger partial charge is 0.497 e. The molecule has 0 fully saturated rings. The first-order valence-electron chi connectivity index (χ1n) is 6.33. The number of ether oxygens (including phenoxy) is 1. The molecule has 1 heterocycles. The number of sulfonamides is 1. The van der Waals surface area contributed by atoms with E-state index < -0.39 is 10.0 Å². The van der Waals surface area contributed by atoms with Gasteiger partial charge in [0.05, 0.1) is 12.0 Å². The van der Waals surface area contributed by atoms with E-state index in [2.05, 4.69) is 10.1 Å². The second kappa shape index (κ2) is 6.23. The smallest absolute Gasteiger partial charge is 0.242 e. The number of hydrogen-bond donors (Lipinski definition) is 0. The fourth-order valence-electron chi connectivity index (χ4n) is 1.75. The van der Waals surface area contributed by atoms with Crippen LogP contribution in [0.1, 0.15) is 11.7 Å². The minimum Gasteiger partial charge on any atom is -0.497 e. The van der Waals surface area contributed by atoms with Crippen molar-refractivity contribution in [2.75, 3.05) is 20.7 Å². The molecule has 0 bridgehead atoms. The molecule has 0 saturated carbocycles. The molecule has 1 aromatic carbocycles. The van der Waals surface area contributed by atoms with Crippen LogP contribution < -0.4 is 4.74 Å². The van der Waals surface area contributed by atoms with Crippen molar-refractivity contribution in [3.05, 3.63) is 36.0 Å². The van der Waals surface area contributed by atoms with Gasteiger partial charge in [-0.25, -0.2) is 12.7 Å². The normalized spacial score (nSPS) is 11.8. The lowest BCUT2D eigenvalue weighted by atomic mass is 10.3. The lowest BCUT2D eigenvalue weighted by molar-refractivity contribution is 0.384. The van der Waals surface area contributed by atoms with Crippen molar-refractivity contribution in [1.29, 1.82) is 0 Å². The number of likely N-dealkylation sites (N-methyl/N-ethyl adjacent to an activating group) is 1. The topological polar surface area (TPSA) is 85.5 Å². The highest BCUT2D eigenvalue weighted by atomic mass is 32.2. The summed E-state index contributed by atoms with van der Waals surface area (Å²) in [5, 5.41) is 3.74. The van der Waals surface area contributed by atoms with Gasteiger partial charge in [-0.3, -0.25) is 0 Å². The molecule has 0 aliphatic carbocycles. The van der Waals surface area contributed by atoms with Gasteiger partial charge in [0.25, 0.3) is 0 Å². The highest BCUT2D eigenvalue weighted by molar-refractivity contribution is 7.89. The van der Waals surface area contributed by atoms with Crippen LogP contribution in [-0.2, 0) is 16.4 Å². The zero-order valence-electron chi connectivity index (χ0n) is 12.1. The number of aromatic nitrogens is 2. The quantitative estimate of drug-likeness (QED) is 0.798. The number of rotatable bonds is 6. The summed E-state index contributed by atoms with van der Waals surface area (Å²) >= 11 is 0. The van der Waals surface area contributed by atoms with E-state index in [1.165, 1.54) is 30.6 Å². The van der Waals surface area contributed by atoms with E-state index in [1.807, 2.05) is 0 Å². The fraction of sp³-hybridized carbons (Fsp3) is 0.385. The lowest BCUT2D eigenvalue weighted by Gasteiger charge is -2.16. The Morgan fingerprint density at radius 3 is 2.48 bits per heavy atom. The third-order valence-electron chi connectivity index (χ3n) is 2.99. The molecule has 0 radical (unpaired) electrons. The molecule has 0 atom stereocenters. The summed E-state index contributed by atoms with van der Waals surface area (Å²) in [5.74, 6) is 1.56. The van der Waals surface area contributed by atoms with Gasteiger partial charge in [-0.2, -0.15) is 4.98 Å². The summed E-state index contributed by atoms with van der Waals surface area (Å²) < 4.78 is 35.9. The maximum absolute atomic E-state index is 12.4. The average molecular weight is 311 g/mol. The Bertz CT molecular complexity index is 694. The third kappa shape index (κ3) is 3.59. The van der Waals surface area contributed by atoms with Crippen molar-refractivity contribution in [1.82, 2.24) is 14.4 Å². The second-order valence-corrected chi connectivity index (χ2v) is 6.53. The van der Waals surface area contributed by atoms with Gasteiger partial charge in [0.2, 0.25) is 15.9 Å². The van der Waals surface area contributed by atoms with Gasteiger partial charge in [0.15, 0.2) is 5.82 Å². The Kier molecular flexibility index (Phi) is 4.59. The van der Waals surface area contributed by atoms with Gasteiger partial charge in [0, 0.05) is 26.9 Å². The molecular formula is C13H17N3O4S. The van der Waals surface area contributed by atoms with Crippen LogP contribution in [0.15, 0.2) is 33.7 Å². The van der Waals surface area contributed by atoms with E-state index in [0.717, 1.165) is 0 Å². The van der Waals surface area contributed by atoms with Crippen molar-refractivity contribution < 1.29 is 17.7 Å². The van der Waals surface area contributed by atoms with Gasteiger partial charge in [0.1, 0.15) is 5.75 Å². The minimum atomic E-state index is -3.54. The SMILES string of the molecule is COc1ccc(S(=O)(=O)N(C)CCc2noc(C)n2)cc1. The molecular weight excluding hydrogens is 294 g/mol. The molecule has 2 aromatic rings. The van der Waals surface area contributed by atoms with Gasteiger partial charge in [-0.05, 0) is 24.3 Å². The molecule has 114 valence electrons. The molecule has 0 aliphatic heterocycles. The van der Waals surface area contributed by atoms with E-state index in [9.17, 15) is 8.42 Å². The van der Waals surface area contributed by atoms with Crippen LogP contribution >= 0.6 is 0 Å². The molecule has 0 N–H and O–H groups in total. The first kappa shape index (κ1) is 15.5. The Labute approximate surface area is 123 Å². The molecule has 1 aromatic heterocycles. The molecule has 21 heavy (non-hydrogen) atoms. The van der Waals surface area contributed by atoms with E-state index >= 15 is 0 Å². The van der Waals surface area contributed by atoms with E-state index in [4.69, 9.17) is 9.26 Å². The Morgan fingerprint density at radius 2 is 1.95 bits per heavy atom. The van der Waals surface area contributed by atoms with Crippen molar-refractivity contribution in [2.45, 2.75) is 18.2 Å². The number of nitrogens with zero attached hydrogens (tertiary/aromatic N) is 3. The van der Waals surface area contributed by atoms with Crippen LogP contribution in [0.25, 0.3) is 0 Å². The van der Waals surface area contributed by atoms with Crippen LogP contribution in [0, 0.1) is 6.92 Å². The number of aryl methyl sites for hydroxylation is 1. The summed E-state index contributed by atoms with van der Waals surface area (Å²) in [5.41, 5.74) is 0. The van der Waals surface area contributed by atoms with E-state index in [0.29, 0.717) is 23.9 Å². The predicted octanol–water partition coefficient (Wildman–Crippen LogP) is 1.25. The van der Waals surface area contributed by atoms with Gasteiger partial charge in [-0.15, -0.1) is 0 Å². The van der Waals surface area contributed by atoms with Crippen molar-refractivity contribution in [3.8, 4) is 5.75 Å². The summed E-state index contributed by atoms with van der Waals surface area (Å²) in [6, 6.07) is 6.26. The average Bonchev–Trinajstić information content (AvgIpc) is 2.90. The van der Waals surface area contributed by atoms with Gasteiger partial charge >= 0.3 is 0 Å². The maximum atomic E-state index is 12.4. The standard InChI is InChI=1S/C13H17N3O4S/c1-10-14-13(15-20-10)8-9-16(2)21(17,18)12-6-4-11(19-3)5-7-12/h4-7H,8-9H2,1-3H3.